The summed E-state index contributed by atoms with van der Waals surface area (Å²) in [5, 5.41) is 0. The lowest BCUT2D eigenvalue weighted by atomic mass is 9.48. The van der Waals surface area contributed by atoms with Gasteiger partial charge in [-0.1, -0.05) is 136 Å². The molecule has 4 rings (SSSR count). The number of rotatable bonds is 21. The minimum absolute atomic E-state index is 0.0541. The first-order valence-electron chi connectivity index (χ1n) is 21.2. The molecular weight excluding hydrogens is 574 g/mol. The van der Waals surface area contributed by atoms with Crippen LogP contribution in [0, 0.1) is 46.3 Å². The SMILES string of the molecule is CCCCCCCC/C=C\CCCCCCCC(=O)O[14CH]1CC[C@@]2(C)C(=CCC3C2CC[C@@]2(C)C3CC[C@@H]2[C@H](C)CCCC(C)C)C1. The number of hydrogen-bond acceptors (Lipinski definition) is 2. The van der Waals surface area contributed by atoms with E-state index in [0.29, 0.717) is 17.3 Å². The average molecular weight is 653 g/mol. The Balaban J connectivity index is 1.12. The van der Waals surface area contributed by atoms with Crippen LogP contribution in [0.1, 0.15) is 202 Å². The van der Waals surface area contributed by atoms with Gasteiger partial charge >= 0.3 is 5.97 Å². The Morgan fingerprint density at radius 1 is 0.851 bits per heavy atom. The van der Waals surface area contributed by atoms with Gasteiger partial charge in [0.25, 0.3) is 0 Å². The normalized spacial score (nSPS) is 32.6. The van der Waals surface area contributed by atoms with E-state index < -0.39 is 0 Å². The maximum atomic E-state index is 12.8. The van der Waals surface area contributed by atoms with Gasteiger partial charge in [-0.3, -0.25) is 4.79 Å². The third kappa shape index (κ3) is 10.7. The second kappa shape index (κ2) is 19.4. The minimum Gasteiger partial charge on any atom is -0.462 e. The Kier molecular flexibility index (Phi) is 16.0. The highest BCUT2D eigenvalue weighted by molar-refractivity contribution is 5.69. The summed E-state index contributed by atoms with van der Waals surface area (Å²) in [6, 6.07) is 0. The van der Waals surface area contributed by atoms with Gasteiger partial charge in [-0.25, -0.2) is 0 Å². The van der Waals surface area contributed by atoms with E-state index in [1.54, 1.807) is 5.57 Å². The predicted octanol–water partition coefficient (Wildman–Crippen LogP) is 14.0. The smallest absolute Gasteiger partial charge is 0.306 e. The van der Waals surface area contributed by atoms with Crippen molar-refractivity contribution in [3.05, 3.63) is 23.8 Å². The lowest BCUT2D eigenvalue weighted by molar-refractivity contribution is -0.151. The number of unbranched alkanes of at least 4 members (excludes halogenated alkanes) is 11. The molecule has 0 aromatic carbocycles. The fraction of sp³-hybridized carbons (Fsp3) is 0.889. The first kappa shape index (κ1) is 38.7. The number of hydrogen-bond donors (Lipinski definition) is 0. The van der Waals surface area contributed by atoms with Gasteiger partial charge in [0.2, 0.25) is 0 Å². The molecule has 8 atom stereocenters. The molecule has 2 nitrogen and oxygen atoms in total. The molecule has 0 radical (unpaired) electrons. The first-order valence-corrected chi connectivity index (χ1v) is 21.2. The summed E-state index contributed by atoms with van der Waals surface area (Å²) in [6.07, 6.45) is 39.5. The molecule has 2 heteroatoms. The van der Waals surface area contributed by atoms with Crippen LogP contribution in [-0.4, -0.2) is 12.1 Å². The standard InChI is InChI=1S/C45H78O2/c1-7-8-9-10-11-12-13-14-15-16-17-18-19-20-21-25-43(46)47-38-30-32-44(5)37(34-38)26-27-39-41-29-28-40(36(4)24-22-23-35(2)3)45(41,6)33-31-42(39)44/h14-15,26,35-36,38-42H,7-13,16-25,27-34H2,1-6H3/b15-14-/t36-,38?,39?,40-,41?,42?,44+,45-/m1/s1/i38+2. The van der Waals surface area contributed by atoms with Gasteiger partial charge < -0.3 is 4.74 Å². The van der Waals surface area contributed by atoms with E-state index in [1.807, 2.05) is 0 Å². The van der Waals surface area contributed by atoms with Crippen LogP contribution < -0.4 is 0 Å². The van der Waals surface area contributed by atoms with E-state index in [4.69, 9.17) is 4.74 Å². The molecular formula is C45H78O2. The van der Waals surface area contributed by atoms with Crippen molar-refractivity contribution in [2.75, 3.05) is 0 Å². The van der Waals surface area contributed by atoms with Crippen molar-refractivity contribution in [2.45, 2.75) is 208 Å². The summed E-state index contributed by atoms with van der Waals surface area (Å²) in [5.74, 6) is 5.31. The summed E-state index contributed by atoms with van der Waals surface area (Å²) in [5.41, 5.74) is 2.53. The van der Waals surface area contributed by atoms with Crippen molar-refractivity contribution >= 4 is 5.97 Å². The van der Waals surface area contributed by atoms with Gasteiger partial charge in [0.15, 0.2) is 0 Å². The Bertz CT molecular complexity index is 976. The van der Waals surface area contributed by atoms with Crippen LogP contribution >= 0.6 is 0 Å². The van der Waals surface area contributed by atoms with E-state index >= 15 is 0 Å². The molecule has 0 spiro atoms. The average Bonchev–Trinajstić information content (AvgIpc) is 3.40. The van der Waals surface area contributed by atoms with E-state index in [0.717, 1.165) is 61.2 Å². The molecule has 270 valence electrons. The van der Waals surface area contributed by atoms with Gasteiger partial charge in [0.1, 0.15) is 6.10 Å². The second-order valence-corrected chi connectivity index (χ2v) is 18.0. The summed E-state index contributed by atoms with van der Waals surface area (Å²) >= 11 is 0. The van der Waals surface area contributed by atoms with Crippen LogP contribution in [0.3, 0.4) is 0 Å². The van der Waals surface area contributed by atoms with Crippen LogP contribution in [-0.2, 0) is 9.53 Å². The van der Waals surface area contributed by atoms with Crippen LogP contribution in [0.15, 0.2) is 23.8 Å². The lowest BCUT2D eigenvalue weighted by Crippen LogP contribution is -2.51. The summed E-state index contributed by atoms with van der Waals surface area (Å²) in [6.45, 7) is 14.9. The Labute approximate surface area is 293 Å². The summed E-state index contributed by atoms with van der Waals surface area (Å²) in [7, 11) is 0. The highest BCUT2D eigenvalue weighted by atomic mass is 16.7. The molecule has 0 N–H and O–H groups in total. The molecule has 3 fully saturated rings. The Hall–Kier alpha value is -1.05. The largest absolute Gasteiger partial charge is 0.462 e. The number of esters is 1. The molecule has 3 saturated carbocycles. The number of allylic oxidation sites excluding steroid dienone is 3. The molecule has 47 heavy (non-hydrogen) atoms. The highest BCUT2D eigenvalue weighted by Crippen LogP contribution is 2.67. The predicted molar refractivity (Wildman–Crippen MR) is 202 cm³/mol. The molecule has 0 aromatic heterocycles. The number of ether oxygens (including phenoxy) is 1. The number of carbonyl (C=O) groups excluding carboxylic acids is 1. The zero-order valence-corrected chi connectivity index (χ0v) is 32.3. The van der Waals surface area contributed by atoms with Gasteiger partial charge in [-0.2, -0.15) is 0 Å². The van der Waals surface area contributed by atoms with Crippen LogP contribution in [0.4, 0.5) is 0 Å². The molecule has 0 aromatic rings. The monoisotopic (exact) mass is 653 g/mol. The maximum absolute atomic E-state index is 12.8. The molecule has 0 bridgehead atoms. The molecule has 4 aliphatic carbocycles. The lowest BCUT2D eigenvalue weighted by Gasteiger charge is -2.58. The van der Waals surface area contributed by atoms with Crippen molar-refractivity contribution in [1.82, 2.24) is 0 Å². The maximum Gasteiger partial charge on any atom is 0.306 e. The minimum atomic E-state index is 0.0541. The van der Waals surface area contributed by atoms with Crippen LogP contribution in [0.25, 0.3) is 0 Å². The molecule has 0 saturated heterocycles. The summed E-state index contributed by atoms with van der Waals surface area (Å²) in [4.78, 5) is 12.8. The van der Waals surface area contributed by atoms with Crippen molar-refractivity contribution in [3.63, 3.8) is 0 Å². The zero-order chi connectivity index (χ0) is 33.7. The second-order valence-electron chi connectivity index (χ2n) is 18.0. The van der Waals surface area contributed by atoms with E-state index in [2.05, 4.69) is 59.8 Å². The Morgan fingerprint density at radius 3 is 2.23 bits per heavy atom. The van der Waals surface area contributed by atoms with E-state index in [-0.39, 0.29) is 12.1 Å². The van der Waals surface area contributed by atoms with Crippen molar-refractivity contribution in [3.8, 4) is 0 Å². The quantitative estimate of drug-likeness (QED) is 0.0700. The van der Waals surface area contributed by atoms with E-state index in [9.17, 15) is 4.79 Å². The third-order valence-electron chi connectivity index (χ3n) is 14.2. The number of carbonyl (C=O) groups is 1. The fourth-order valence-corrected chi connectivity index (χ4v) is 11.3. The van der Waals surface area contributed by atoms with Crippen LogP contribution in [0.2, 0.25) is 0 Å². The van der Waals surface area contributed by atoms with Gasteiger partial charge in [0, 0.05) is 12.8 Å². The van der Waals surface area contributed by atoms with Gasteiger partial charge in [-0.15, -0.1) is 0 Å². The molecule has 0 amide bonds. The first-order chi connectivity index (χ1) is 22.7. The molecule has 4 aliphatic rings. The topological polar surface area (TPSA) is 26.3 Å². The fourth-order valence-electron chi connectivity index (χ4n) is 11.3. The Morgan fingerprint density at radius 2 is 1.53 bits per heavy atom. The molecule has 0 heterocycles. The van der Waals surface area contributed by atoms with Crippen LogP contribution in [0.5, 0.6) is 0 Å². The molecule has 0 aliphatic heterocycles. The summed E-state index contributed by atoms with van der Waals surface area (Å²) < 4.78 is 6.12. The highest BCUT2D eigenvalue weighted by Gasteiger charge is 2.59. The van der Waals surface area contributed by atoms with Gasteiger partial charge in [-0.05, 0) is 123 Å². The third-order valence-corrected chi connectivity index (χ3v) is 14.2. The van der Waals surface area contributed by atoms with Crippen molar-refractivity contribution in [2.24, 2.45) is 46.3 Å². The van der Waals surface area contributed by atoms with E-state index in [1.165, 1.54) is 128 Å². The molecule has 4 unspecified atom stereocenters. The number of fused-ring (bicyclic) bond motifs is 5. The zero-order valence-electron chi connectivity index (χ0n) is 32.3. The van der Waals surface area contributed by atoms with Crippen molar-refractivity contribution in [1.29, 1.82) is 0 Å². The van der Waals surface area contributed by atoms with Gasteiger partial charge in [0.05, 0.1) is 0 Å². The van der Waals surface area contributed by atoms with Crippen molar-refractivity contribution < 1.29 is 9.53 Å².